The van der Waals surface area contributed by atoms with E-state index in [1.165, 1.54) is 0 Å². The van der Waals surface area contributed by atoms with Gasteiger partial charge in [0.05, 0.1) is 5.56 Å². The smallest absolute Gasteiger partial charge is 0.335 e. The fraction of sp³-hybridized carbons (Fsp3) is 0.250. The third kappa shape index (κ3) is 3.60. The molecule has 0 aliphatic carbocycles. The number of carboxylic acid groups (broad SMARTS) is 1. The Bertz CT molecular complexity index is 936. The SMILES string of the molecule is CCc1nc(-c2ccsc2)nc(Nc2ccc(C(=O)O)cc2C)c1CC. The molecule has 26 heavy (non-hydrogen) atoms. The minimum Gasteiger partial charge on any atom is -0.478 e. The van der Waals surface area contributed by atoms with E-state index in [0.717, 1.165) is 46.7 Å². The van der Waals surface area contributed by atoms with Crippen molar-refractivity contribution in [3.63, 3.8) is 0 Å². The maximum atomic E-state index is 11.1. The topological polar surface area (TPSA) is 75.1 Å². The lowest BCUT2D eigenvalue weighted by molar-refractivity contribution is 0.0697. The molecule has 0 aliphatic heterocycles. The van der Waals surface area contributed by atoms with Gasteiger partial charge in [0.2, 0.25) is 0 Å². The van der Waals surface area contributed by atoms with Gasteiger partial charge in [0, 0.05) is 27.9 Å². The number of anilines is 2. The van der Waals surface area contributed by atoms with E-state index in [9.17, 15) is 4.79 Å². The molecule has 3 rings (SSSR count). The first-order chi connectivity index (χ1) is 12.5. The summed E-state index contributed by atoms with van der Waals surface area (Å²) in [6, 6.07) is 7.07. The van der Waals surface area contributed by atoms with Gasteiger partial charge < -0.3 is 10.4 Å². The monoisotopic (exact) mass is 367 g/mol. The molecular weight excluding hydrogens is 346 g/mol. The fourth-order valence-corrected chi connectivity index (χ4v) is 3.52. The van der Waals surface area contributed by atoms with Gasteiger partial charge in [-0.2, -0.15) is 11.3 Å². The summed E-state index contributed by atoms with van der Waals surface area (Å²) >= 11 is 1.62. The quantitative estimate of drug-likeness (QED) is 0.635. The summed E-state index contributed by atoms with van der Waals surface area (Å²) in [5, 5.41) is 16.6. The third-order valence-corrected chi connectivity index (χ3v) is 4.97. The molecule has 0 radical (unpaired) electrons. The van der Waals surface area contributed by atoms with Crippen LogP contribution in [0.5, 0.6) is 0 Å². The number of nitrogens with zero attached hydrogens (tertiary/aromatic N) is 2. The average Bonchev–Trinajstić information content (AvgIpc) is 3.17. The Morgan fingerprint density at radius 3 is 2.58 bits per heavy atom. The van der Waals surface area contributed by atoms with Gasteiger partial charge in [-0.3, -0.25) is 0 Å². The Morgan fingerprint density at radius 2 is 2.00 bits per heavy atom. The van der Waals surface area contributed by atoms with Crippen LogP contribution in [0, 0.1) is 6.92 Å². The highest BCUT2D eigenvalue weighted by Crippen LogP contribution is 2.28. The number of benzene rings is 1. The van der Waals surface area contributed by atoms with Crippen molar-refractivity contribution in [2.75, 3.05) is 5.32 Å². The normalized spacial score (nSPS) is 10.7. The molecule has 6 heteroatoms. The number of hydrogen-bond acceptors (Lipinski definition) is 5. The van der Waals surface area contributed by atoms with Crippen LogP contribution in [0.4, 0.5) is 11.5 Å². The van der Waals surface area contributed by atoms with Gasteiger partial charge in [-0.05, 0) is 55.0 Å². The minimum atomic E-state index is -0.927. The standard InChI is InChI=1S/C20H21N3O2S/c1-4-15-16(5-2)21-18(14-8-9-26-11-14)23-19(15)22-17-7-6-13(20(24)25)10-12(17)3/h6-11H,4-5H2,1-3H3,(H,24,25)(H,21,22,23). The summed E-state index contributed by atoms with van der Waals surface area (Å²) in [7, 11) is 0. The first-order valence-corrected chi connectivity index (χ1v) is 9.51. The maximum Gasteiger partial charge on any atom is 0.335 e. The van der Waals surface area contributed by atoms with E-state index in [0.29, 0.717) is 5.82 Å². The van der Waals surface area contributed by atoms with E-state index < -0.39 is 5.97 Å². The van der Waals surface area contributed by atoms with Crippen molar-refractivity contribution in [2.24, 2.45) is 0 Å². The zero-order valence-corrected chi connectivity index (χ0v) is 15.9. The molecule has 5 nitrogen and oxygen atoms in total. The van der Waals surface area contributed by atoms with Crippen molar-refractivity contribution < 1.29 is 9.90 Å². The summed E-state index contributed by atoms with van der Waals surface area (Å²) in [5.74, 6) is 0.568. The lowest BCUT2D eigenvalue weighted by Gasteiger charge is -2.16. The fourth-order valence-electron chi connectivity index (χ4n) is 2.88. The van der Waals surface area contributed by atoms with Crippen LogP contribution in [0.25, 0.3) is 11.4 Å². The zero-order valence-electron chi connectivity index (χ0n) is 15.0. The molecule has 3 aromatic rings. The first-order valence-electron chi connectivity index (χ1n) is 8.56. The molecule has 2 heterocycles. The Balaban J connectivity index is 2.06. The van der Waals surface area contributed by atoms with Crippen LogP contribution in [0.15, 0.2) is 35.0 Å². The lowest BCUT2D eigenvalue weighted by atomic mass is 10.1. The number of carboxylic acids is 1. The zero-order chi connectivity index (χ0) is 18.7. The van der Waals surface area contributed by atoms with Gasteiger partial charge in [0.25, 0.3) is 0 Å². The number of aromatic carboxylic acids is 1. The summed E-state index contributed by atoms with van der Waals surface area (Å²) in [5.41, 5.74) is 5.12. The summed E-state index contributed by atoms with van der Waals surface area (Å²) < 4.78 is 0. The van der Waals surface area contributed by atoms with Crippen LogP contribution in [0.2, 0.25) is 0 Å². The van der Waals surface area contributed by atoms with Gasteiger partial charge in [0.15, 0.2) is 5.82 Å². The molecule has 0 saturated carbocycles. The average molecular weight is 367 g/mol. The van der Waals surface area contributed by atoms with E-state index >= 15 is 0 Å². The number of thiophene rings is 1. The van der Waals surface area contributed by atoms with Crippen molar-refractivity contribution in [1.29, 1.82) is 0 Å². The lowest BCUT2D eigenvalue weighted by Crippen LogP contribution is -2.08. The predicted molar refractivity (Wildman–Crippen MR) is 106 cm³/mol. The van der Waals surface area contributed by atoms with E-state index in [1.807, 2.05) is 23.8 Å². The van der Waals surface area contributed by atoms with Crippen LogP contribution >= 0.6 is 11.3 Å². The summed E-state index contributed by atoms with van der Waals surface area (Å²) in [4.78, 5) is 20.6. The molecular formula is C20H21N3O2S. The van der Waals surface area contributed by atoms with Gasteiger partial charge in [-0.15, -0.1) is 0 Å². The Hall–Kier alpha value is -2.73. The van der Waals surface area contributed by atoms with Crippen LogP contribution in [-0.4, -0.2) is 21.0 Å². The first kappa shape index (κ1) is 18.1. The van der Waals surface area contributed by atoms with Gasteiger partial charge in [0.1, 0.15) is 5.82 Å². The summed E-state index contributed by atoms with van der Waals surface area (Å²) in [6.07, 6.45) is 1.65. The Morgan fingerprint density at radius 1 is 1.19 bits per heavy atom. The molecule has 1 aromatic carbocycles. The number of carbonyl (C=O) groups is 1. The van der Waals surface area contributed by atoms with Crippen LogP contribution in [0.1, 0.15) is 41.0 Å². The highest BCUT2D eigenvalue weighted by atomic mass is 32.1. The van der Waals surface area contributed by atoms with E-state index in [2.05, 4.69) is 19.2 Å². The molecule has 134 valence electrons. The van der Waals surface area contributed by atoms with E-state index in [4.69, 9.17) is 15.1 Å². The maximum absolute atomic E-state index is 11.1. The van der Waals surface area contributed by atoms with Crippen molar-refractivity contribution in [1.82, 2.24) is 9.97 Å². The third-order valence-electron chi connectivity index (χ3n) is 4.29. The largest absolute Gasteiger partial charge is 0.478 e. The molecule has 0 aliphatic rings. The number of aryl methyl sites for hydroxylation is 2. The number of aromatic nitrogens is 2. The second-order valence-electron chi connectivity index (χ2n) is 6.00. The number of hydrogen-bond donors (Lipinski definition) is 2. The molecule has 0 unspecified atom stereocenters. The number of nitrogens with one attached hydrogen (secondary N) is 1. The molecule has 0 atom stereocenters. The minimum absolute atomic E-state index is 0.277. The molecule has 0 amide bonds. The van der Waals surface area contributed by atoms with Gasteiger partial charge in [-0.25, -0.2) is 14.8 Å². The molecule has 0 spiro atoms. The number of rotatable bonds is 6. The second-order valence-corrected chi connectivity index (χ2v) is 6.78. The van der Waals surface area contributed by atoms with E-state index in [1.54, 1.807) is 29.5 Å². The predicted octanol–water partition coefficient (Wildman–Crippen LogP) is 5.08. The Labute approximate surface area is 156 Å². The molecule has 0 saturated heterocycles. The summed E-state index contributed by atoms with van der Waals surface area (Å²) in [6.45, 7) is 6.07. The highest BCUT2D eigenvalue weighted by Gasteiger charge is 2.15. The van der Waals surface area contributed by atoms with Crippen LogP contribution in [-0.2, 0) is 12.8 Å². The Kier molecular flexibility index (Phi) is 5.32. The van der Waals surface area contributed by atoms with Crippen LogP contribution < -0.4 is 5.32 Å². The molecule has 2 aromatic heterocycles. The van der Waals surface area contributed by atoms with Crippen molar-refractivity contribution in [3.05, 3.63) is 57.4 Å². The van der Waals surface area contributed by atoms with Crippen molar-refractivity contribution >= 4 is 28.8 Å². The highest BCUT2D eigenvalue weighted by molar-refractivity contribution is 7.08. The van der Waals surface area contributed by atoms with Gasteiger partial charge >= 0.3 is 5.97 Å². The second kappa shape index (κ2) is 7.66. The van der Waals surface area contributed by atoms with Crippen molar-refractivity contribution in [2.45, 2.75) is 33.6 Å². The molecule has 0 fully saturated rings. The molecule has 0 bridgehead atoms. The van der Waals surface area contributed by atoms with Gasteiger partial charge in [-0.1, -0.05) is 13.8 Å². The van der Waals surface area contributed by atoms with E-state index in [-0.39, 0.29) is 5.56 Å². The molecule has 2 N–H and O–H groups in total. The van der Waals surface area contributed by atoms with Crippen LogP contribution in [0.3, 0.4) is 0 Å². The van der Waals surface area contributed by atoms with Crippen molar-refractivity contribution in [3.8, 4) is 11.4 Å².